The average Bonchev–Trinajstić information content (AvgIpc) is 2.88. The molecule has 0 aliphatic heterocycles. The van der Waals surface area contributed by atoms with Crippen LogP contribution in [0.4, 0.5) is 0 Å². The van der Waals surface area contributed by atoms with E-state index in [1.807, 2.05) is 24.3 Å². The Kier molecular flexibility index (Phi) is 7.39. The minimum atomic E-state index is -2.15. The topological polar surface area (TPSA) is 9.23 Å². The van der Waals surface area contributed by atoms with E-state index in [2.05, 4.69) is 103 Å². The van der Waals surface area contributed by atoms with E-state index in [1.165, 1.54) is 15.9 Å². The van der Waals surface area contributed by atoms with Gasteiger partial charge in [-0.05, 0) is 0 Å². The van der Waals surface area contributed by atoms with Gasteiger partial charge in [-0.2, -0.15) is 0 Å². The molecule has 0 bridgehead atoms. The Morgan fingerprint density at radius 1 is 0.625 bits per heavy atom. The van der Waals surface area contributed by atoms with E-state index in [0.29, 0.717) is 0 Å². The van der Waals surface area contributed by atoms with Crippen LogP contribution in [0.5, 0.6) is 5.75 Å². The molecule has 0 saturated carbocycles. The first-order valence-corrected chi connectivity index (χ1v) is 13.3. The number of hydrogen-bond donors (Lipinski definition) is 0. The molecule has 32 heavy (non-hydrogen) atoms. The number of methoxy groups -OCH3 is 1. The van der Waals surface area contributed by atoms with E-state index < -0.39 is 7.26 Å². The van der Waals surface area contributed by atoms with Crippen LogP contribution in [0, 0.1) is 11.8 Å². The summed E-state index contributed by atoms with van der Waals surface area (Å²) in [6.45, 7) is 0. The van der Waals surface area contributed by atoms with Crippen molar-refractivity contribution in [1.29, 1.82) is 0 Å². The number of unbranched alkanes of at least 4 members (excludes halogenated alkanes) is 1. The van der Waals surface area contributed by atoms with Gasteiger partial charge in [0, 0.05) is 0 Å². The molecular formula is C30H29OP. The zero-order chi connectivity index (χ0) is 22.1. The third-order valence-electron chi connectivity index (χ3n) is 5.98. The maximum atomic E-state index is 5.23. The molecule has 1 nitrogen and oxygen atoms in total. The molecule has 4 rings (SSSR count). The third-order valence-corrected chi connectivity index (χ3v) is 11.0. The van der Waals surface area contributed by atoms with Gasteiger partial charge in [0.1, 0.15) is 0 Å². The summed E-state index contributed by atoms with van der Waals surface area (Å²) >= 11 is 0. The van der Waals surface area contributed by atoms with Gasteiger partial charge in [0.15, 0.2) is 0 Å². The number of ether oxygens (including phenoxy) is 1. The molecule has 0 aromatic heterocycles. The second-order valence-electron chi connectivity index (χ2n) is 7.89. The van der Waals surface area contributed by atoms with Gasteiger partial charge in [-0.25, -0.2) is 0 Å². The van der Waals surface area contributed by atoms with Crippen molar-refractivity contribution < 1.29 is 4.74 Å². The van der Waals surface area contributed by atoms with Gasteiger partial charge in [-0.15, -0.1) is 0 Å². The maximum absolute atomic E-state index is 5.23. The summed E-state index contributed by atoms with van der Waals surface area (Å²) in [5.74, 6) is 7.57. The van der Waals surface area contributed by atoms with Crippen LogP contribution >= 0.6 is 7.26 Å². The van der Waals surface area contributed by atoms with Crippen molar-refractivity contribution in [2.24, 2.45) is 0 Å². The molecule has 4 aromatic rings. The SMILES string of the molecule is COc1ccc(C#CCCC[PH](c2ccccc2)(c2ccccc2)c2ccccc2)cc1. The molecule has 0 aliphatic carbocycles. The molecule has 0 atom stereocenters. The molecule has 0 amide bonds. The van der Waals surface area contributed by atoms with Gasteiger partial charge in [-0.3, -0.25) is 0 Å². The Hall–Kier alpha value is -3.33. The second kappa shape index (κ2) is 10.8. The van der Waals surface area contributed by atoms with Crippen molar-refractivity contribution in [3.05, 3.63) is 121 Å². The predicted octanol–water partition coefficient (Wildman–Crippen LogP) is 5.55. The minimum absolute atomic E-state index is 0.861. The Morgan fingerprint density at radius 3 is 1.53 bits per heavy atom. The normalized spacial score (nSPS) is 11.3. The summed E-state index contributed by atoms with van der Waals surface area (Å²) < 4.78 is 5.23. The molecule has 160 valence electrons. The fourth-order valence-corrected chi connectivity index (χ4v) is 9.24. The van der Waals surface area contributed by atoms with Crippen LogP contribution in [-0.2, 0) is 0 Å². The van der Waals surface area contributed by atoms with Gasteiger partial charge in [0.05, 0.1) is 0 Å². The summed E-state index contributed by atoms with van der Waals surface area (Å²) in [5, 5.41) is 4.38. The standard InChI is InChI=1S/C30H29OP/c1-31-27-23-21-26(22-24-27)14-6-5-13-25-32(28-15-7-2-8-16-28,29-17-9-3-10-18-29)30-19-11-4-12-20-30/h2-4,7-12,15-24,32H,5,13,25H2,1H3. The molecule has 0 heterocycles. The van der Waals surface area contributed by atoms with Crippen molar-refractivity contribution in [3.63, 3.8) is 0 Å². The van der Waals surface area contributed by atoms with Gasteiger partial charge < -0.3 is 0 Å². The first kappa shape index (κ1) is 21.9. The van der Waals surface area contributed by atoms with Crippen LogP contribution in [-0.4, -0.2) is 13.3 Å². The van der Waals surface area contributed by atoms with Crippen molar-refractivity contribution in [3.8, 4) is 17.6 Å². The van der Waals surface area contributed by atoms with Crippen LogP contribution in [0.2, 0.25) is 0 Å². The predicted molar refractivity (Wildman–Crippen MR) is 141 cm³/mol. The summed E-state index contributed by atoms with van der Waals surface area (Å²) in [7, 11) is -0.466. The van der Waals surface area contributed by atoms with E-state index in [4.69, 9.17) is 4.74 Å². The van der Waals surface area contributed by atoms with E-state index >= 15 is 0 Å². The summed E-state index contributed by atoms with van der Waals surface area (Å²) in [4.78, 5) is 0. The molecule has 0 unspecified atom stereocenters. The van der Waals surface area contributed by atoms with Crippen LogP contribution in [0.1, 0.15) is 18.4 Å². The Morgan fingerprint density at radius 2 is 1.09 bits per heavy atom. The van der Waals surface area contributed by atoms with Gasteiger partial charge in [0.25, 0.3) is 0 Å². The molecule has 0 fully saturated rings. The zero-order valence-electron chi connectivity index (χ0n) is 18.5. The van der Waals surface area contributed by atoms with Crippen molar-refractivity contribution >= 4 is 23.2 Å². The van der Waals surface area contributed by atoms with Gasteiger partial charge in [0.2, 0.25) is 0 Å². The zero-order valence-corrected chi connectivity index (χ0v) is 19.5. The molecule has 2 heteroatoms. The number of benzene rings is 4. The first-order chi connectivity index (χ1) is 15.8. The molecule has 0 radical (unpaired) electrons. The Labute approximate surface area is 192 Å². The van der Waals surface area contributed by atoms with Crippen LogP contribution in [0.25, 0.3) is 0 Å². The third kappa shape index (κ3) is 4.94. The fourth-order valence-electron chi connectivity index (χ4n) is 4.38. The summed E-state index contributed by atoms with van der Waals surface area (Å²) in [6.07, 6.45) is 3.07. The van der Waals surface area contributed by atoms with Crippen molar-refractivity contribution in [1.82, 2.24) is 0 Å². The summed E-state index contributed by atoms with van der Waals surface area (Å²) in [6, 6.07) is 41.2. The van der Waals surface area contributed by atoms with Crippen molar-refractivity contribution in [2.45, 2.75) is 12.8 Å². The molecule has 0 saturated heterocycles. The first-order valence-electron chi connectivity index (χ1n) is 11.1. The van der Waals surface area contributed by atoms with Crippen molar-refractivity contribution in [2.75, 3.05) is 13.3 Å². The number of rotatable bonds is 7. The molecule has 0 aliphatic rings. The van der Waals surface area contributed by atoms with E-state index in [9.17, 15) is 0 Å². The van der Waals surface area contributed by atoms with Crippen LogP contribution in [0.3, 0.4) is 0 Å². The van der Waals surface area contributed by atoms with E-state index in [1.54, 1.807) is 7.11 Å². The fraction of sp³-hybridized carbons (Fsp3) is 0.133. The quantitative estimate of drug-likeness (QED) is 0.210. The molecule has 0 N–H and O–H groups in total. The second-order valence-corrected chi connectivity index (χ2v) is 11.9. The van der Waals surface area contributed by atoms with Gasteiger partial charge in [-0.1, -0.05) is 0 Å². The molecular weight excluding hydrogens is 407 g/mol. The molecule has 4 aromatic carbocycles. The van der Waals surface area contributed by atoms with Crippen LogP contribution in [0.15, 0.2) is 115 Å². The number of hydrogen-bond acceptors (Lipinski definition) is 1. The Balaban J connectivity index is 1.63. The van der Waals surface area contributed by atoms with E-state index in [0.717, 1.165) is 30.3 Å². The van der Waals surface area contributed by atoms with Gasteiger partial charge >= 0.3 is 192 Å². The monoisotopic (exact) mass is 436 g/mol. The van der Waals surface area contributed by atoms with Crippen LogP contribution < -0.4 is 20.7 Å². The van der Waals surface area contributed by atoms with E-state index in [-0.39, 0.29) is 0 Å². The molecule has 0 spiro atoms. The summed E-state index contributed by atoms with van der Waals surface area (Å²) in [5.41, 5.74) is 1.03. The Bertz CT molecular complexity index is 1060. The average molecular weight is 437 g/mol.